The van der Waals surface area contributed by atoms with E-state index in [1.54, 1.807) is 12.1 Å². The highest BCUT2D eigenvalue weighted by Gasteiger charge is 2.42. The normalized spacial score (nSPS) is 16.6. The topological polar surface area (TPSA) is 58.6 Å². The Kier molecular flexibility index (Phi) is 4.04. The van der Waals surface area contributed by atoms with Crippen LogP contribution in [0.25, 0.3) is 0 Å². The van der Waals surface area contributed by atoms with E-state index in [0.717, 1.165) is 12.8 Å². The quantitative estimate of drug-likeness (QED) is 0.868. The van der Waals surface area contributed by atoms with E-state index in [0.29, 0.717) is 17.9 Å². The molecule has 0 spiro atoms. The Bertz CT molecular complexity index is 487. The molecule has 1 amide bonds. The first kappa shape index (κ1) is 14.9. The van der Waals surface area contributed by atoms with Gasteiger partial charge in [0.15, 0.2) is 0 Å². The summed E-state index contributed by atoms with van der Waals surface area (Å²) in [5.41, 5.74) is 0.102. The van der Waals surface area contributed by atoms with Gasteiger partial charge in [-0.3, -0.25) is 4.79 Å². The van der Waals surface area contributed by atoms with Crippen LogP contribution < -0.4 is 10.1 Å². The number of aliphatic hydroxyl groups is 1. The molecule has 0 unspecified atom stereocenters. The van der Waals surface area contributed by atoms with Gasteiger partial charge >= 0.3 is 0 Å². The second-order valence-corrected chi connectivity index (χ2v) is 6.55. The molecule has 110 valence electrons. The van der Waals surface area contributed by atoms with Crippen LogP contribution in [-0.4, -0.2) is 29.8 Å². The van der Waals surface area contributed by atoms with Crippen molar-refractivity contribution in [2.24, 2.45) is 5.41 Å². The molecule has 0 bridgehead atoms. The lowest BCUT2D eigenvalue weighted by atomic mass is 10.1. The Labute approximate surface area is 120 Å². The number of nitrogens with one attached hydrogen (secondary N) is 1. The van der Waals surface area contributed by atoms with Crippen molar-refractivity contribution < 1.29 is 14.6 Å². The minimum absolute atomic E-state index is 0.0878. The largest absolute Gasteiger partial charge is 0.487 e. The highest BCUT2D eigenvalue weighted by molar-refractivity contribution is 5.96. The predicted molar refractivity (Wildman–Crippen MR) is 77.9 cm³/mol. The van der Waals surface area contributed by atoms with Crippen molar-refractivity contribution in [2.75, 3.05) is 13.2 Å². The van der Waals surface area contributed by atoms with Gasteiger partial charge < -0.3 is 15.2 Å². The van der Waals surface area contributed by atoms with E-state index < -0.39 is 0 Å². The molecule has 0 heterocycles. The van der Waals surface area contributed by atoms with Crippen LogP contribution in [0.4, 0.5) is 0 Å². The van der Waals surface area contributed by atoms with E-state index in [2.05, 4.69) is 5.32 Å². The van der Waals surface area contributed by atoms with Gasteiger partial charge in [-0.1, -0.05) is 12.1 Å². The predicted octanol–water partition coefficient (Wildman–Crippen LogP) is 2.37. The molecule has 0 aromatic heterocycles. The third-order valence-corrected chi connectivity index (χ3v) is 3.46. The van der Waals surface area contributed by atoms with Crippen LogP contribution in [0.5, 0.6) is 5.75 Å². The van der Waals surface area contributed by atoms with Crippen molar-refractivity contribution in [1.82, 2.24) is 5.32 Å². The summed E-state index contributed by atoms with van der Waals surface area (Å²) in [7, 11) is 0. The Morgan fingerprint density at radius 2 is 2.00 bits per heavy atom. The van der Waals surface area contributed by atoms with Crippen molar-refractivity contribution >= 4 is 5.91 Å². The smallest absolute Gasteiger partial charge is 0.255 e. The summed E-state index contributed by atoms with van der Waals surface area (Å²) >= 11 is 0. The van der Waals surface area contributed by atoms with E-state index in [1.165, 1.54) is 0 Å². The average molecular weight is 277 g/mol. The third-order valence-electron chi connectivity index (χ3n) is 3.46. The molecule has 4 heteroatoms. The first-order chi connectivity index (χ1) is 9.35. The van der Waals surface area contributed by atoms with Crippen LogP contribution in [0.3, 0.4) is 0 Å². The number of hydrogen-bond acceptors (Lipinski definition) is 3. The van der Waals surface area contributed by atoms with Gasteiger partial charge in [0, 0.05) is 12.0 Å². The van der Waals surface area contributed by atoms with E-state index in [-0.39, 0.29) is 23.5 Å². The first-order valence-corrected chi connectivity index (χ1v) is 7.02. The number of hydrogen-bond donors (Lipinski definition) is 2. The van der Waals surface area contributed by atoms with Gasteiger partial charge in [-0.15, -0.1) is 0 Å². The highest BCUT2D eigenvalue weighted by Crippen LogP contribution is 2.44. The number of carbonyl (C=O) groups excluding carboxylic acids is 1. The first-order valence-electron chi connectivity index (χ1n) is 7.02. The van der Waals surface area contributed by atoms with Crippen molar-refractivity contribution in [3.8, 4) is 5.75 Å². The summed E-state index contributed by atoms with van der Waals surface area (Å²) < 4.78 is 5.82. The van der Waals surface area contributed by atoms with Crippen molar-refractivity contribution in [3.05, 3.63) is 29.8 Å². The van der Waals surface area contributed by atoms with Gasteiger partial charge in [-0.25, -0.2) is 0 Å². The Morgan fingerprint density at radius 3 is 2.55 bits per heavy atom. The molecule has 0 atom stereocenters. The number of rotatable bonds is 5. The fraction of sp³-hybridized carbons (Fsp3) is 0.562. The minimum atomic E-state index is -0.348. The van der Waals surface area contributed by atoms with Gasteiger partial charge in [0.05, 0.1) is 12.2 Å². The summed E-state index contributed by atoms with van der Waals surface area (Å²) in [5, 5.41) is 12.2. The maximum Gasteiger partial charge on any atom is 0.255 e. The summed E-state index contributed by atoms with van der Waals surface area (Å²) in [5.74, 6) is 0.441. The highest BCUT2D eigenvalue weighted by atomic mass is 16.5. The zero-order valence-electron chi connectivity index (χ0n) is 12.4. The van der Waals surface area contributed by atoms with Gasteiger partial charge in [-0.05, 0) is 45.7 Å². The summed E-state index contributed by atoms with van der Waals surface area (Å²) in [6.07, 6.45) is 1.95. The van der Waals surface area contributed by atoms with Crippen molar-refractivity contribution in [1.29, 1.82) is 0 Å². The van der Waals surface area contributed by atoms with Gasteiger partial charge in [0.2, 0.25) is 0 Å². The van der Waals surface area contributed by atoms with E-state index in [9.17, 15) is 9.90 Å². The van der Waals surface area contributed by atoms with Crippen LogP contribution in [0.2, 0.25) is 0 Å². The molecule has 1 saturated carbocycles. The lowest BCUT2D eigenvalue weighted by molar-refractivity contribution is 0.0915. The second-order valence-electron chi connectivity index (χ2n) is 6.55. The monoisotopic (exact) mass is 277 g/mol. The number of ether oxygens (including phenoxy) is 1. The number of benzene rings is 1. The SMILES string of the molecule is CC(C)(C)Oc1ccccc1C(=O)NCC1(CO)CC1. The molecule has 1 aromatic carbocycles. The zero-order chi connectivity index (χ0) is 14.8. The van der Waals surface area contributed by atoms with Crippen LogP contribution >= 0.6 is 0 Å². The molecule has 4 nitrogen and oxygen atoms in total. The molecule has 2 rings (SSSR count). The average Bonchev–Trinajstić information content (AvgIpc) is 3.15. The maximum atomic E-state index is 12.3. The lowest BCUT2D eigenvalue weighted by Gasteiger charge is -2.23. The molecular formula is C16H23NO3. The summed E-state index contributed by atoms with van der Waals surface area (Å²) in [6, 6.07) is 7.24. The van der Waals surface area contributed by atoms with Gasteiger partial charge in [-0.2, -0.15) is 0 Å². The van der Waals surface area contributed by atoms with E-state index >= 15 is 0 Å². The number of para-hydroxylation sites is 1. The molecular weight excluding hydrogens is 254 g/mol. The van der Waals surface area contributed by atoms with Crippen LogP contribution in [0.1, 0.15) is 44.0 Å². The Hall–Kier alpha value is -1.55. The molecule has 2 N–H and O–H groups in total. The number of amides is 1. The Balaban J connectivity index is 2.05. The van der Waals surface area contributed by atoms with Crippen LogP contribution in [-0.2, 0) is 0 Å². The van der Waals surface area contributed by atoms with Crippen molar-refractivity contribution in [2.45, 2.75) is 39.2 Å². The van der Waals surface area contributed by atoms with E-state index in [1.807, 2.05) is 32.9 Å². The molecule has 1 aromatic rings. The molecule has 20 heavy (non-hydrogen) atoms. The van der Waals surface area contributed by atoms with Gasteiger partial charge in [0.1, 0.15) is 11.4 Å². The molecule has 0 saturated heterocycles. The van der Waals surface area contributed by atoms with Gasteiger partial charge in [0.25, 0.3) is 5.91 Å². The third kappa shape index (κ3) is 3.73. The standard InChI is InChI=1S/C16H23NO3/c1-15(2,3)20-13-7-5-4-6-12(13)14(19)17-10-16(11-18)8-9-16/h4-7,18H,8-11H2,1-3H3,(H,17,19). The molecule has 0 radical (unpaired) electrons. The van der Waals surface area contributed by atoms with Crippen LogP contribution in [0.15, 0.2) is 24.3 Å². The molecule has 1 aliphatic rings. The summed E-state index contributed by atoms with van der Waals surface area (Å²) in [6.45, 7) is 6.51. The molecule has 1 aliphatic carbocycles. The number of carbonyl (C=O) groups is 1. The Morgan fingerprint density at radius 1 is 1.35 bits per heavy atom. The fourth-order valence-electron chi connectivity index (χ4n) is 2.00. The zero-order valence-corrected chi connectivity index (χ0v) is 12.4. The van der Waals surface area contributed by atoms with Crippen molar-refractivity contribution in [3.63, 3.8) is 0 Å². The minimum Gasteiger partial charge on any atom is -0.487 e. The van der Waals surface area contributed by atoms with E-state index in [4.69, 9.17) is 4.74 Å². The fourth-order valence-corrected chi connectivity index (χ4v) is 2.00. The van der Waals surface area contributed by atoms with Crippen LogP contribution in [0, 0.1) is 5.41 Å². The second kappa shape index (κ2) is 5.44. The lowest BCUT2D eigenvalue weighted by Crippen LogP contribution is -2.33. The number of aliphatic hydroxyl groups excluding tert-OH is 1. The maximum absolute atomic E-state index is 12.3. The molecule has 0 aliphatic heterocycles. The molecule has 1 fully saturated rings. The summed E-state index contributed by atoms with van der Waals surface area (Å²) in [4.78, 5) is 12.3.